The zero-order valence-electron chi connectivity index (χ0n) is 24.5. The molecular formula is C31H38ClN3O6S. The second-order valence-corrected chi connectivity index (χ2v) is 12.3. The summed E-state index contributed by atoms with van der Waals surface area (Å²) in [7, 11) is -1.03. The van der Waals surface area contributed by atoms with Crippen LogP contribution < -0.4 is 19.1 Å². The molecule has 0 radical (unpaired) electrons. The molecule has 42 heavy (non-hydrogen) atoms. The van der Waals surface area contributed by atoms with Crippen molar-refractivity contribution in [1.82, 2.24) is 10.2 Å². The number of ether oxygens (including phenoxy) is 2. The van der Waals surface area contributed by atoms with Gasteiger partial charge in [0.05, 0.1) is 26.2 Å². The van der Waals surface area contributed by atoms with Crippen LogP contribution >= 0.6 is 11.6 Å². The number of benzene rings is 3. The van der Waals surface area contributed by atoms with Crippen molar-refractivity contribution in [2.75, 3.05) is 31.3 Å². The Morgan fingerprint density at radius 1 is 0.952 bits per heavy atom. The maximum atomic E-state index is 14.2. The van der Waals surface area contributed by atoms with Gasteiger partial charge < -0.3 is 19.7 Å². The van der Waals surface area contributed by atoms with E-state index in [0.717, 1.165) is 16.1 Å². The molecule has 0 fully saturated rings. The number of nitrogens with one attached hydrogen (secondary N) is 1. The van der Waals surface area contributed by atoms with Crippen LogP contribution in [0.4, 0.5) is 5.69 Å². The molecule has 0 saturated carbocycles. The molecule has 3 aromatic rings. The van der Waals surface area contributed by atoms with Crippen LogP contribution in [0.3, 0.4) is 0 Å². The van der Waals surface area contributed by atoms with Crippen LogP contribution in [-0.2, 0) is 32.6 Å². The number of halogens is 1. The van der Waals surface area contributed by atoms with Crippen molar-refractivity contribution < 1.29 is 27.5 Å². The number of sulfonamides is 1. The first kappa shape index (κ1) is 32.8. The van der Waals surface area contributed by atoms with Crippen molar-refractivity contribution in [3.63, 3.8) is 0 Å². The average molecular weight is 616 g/mol. The van der Waals surface area contributed by atoms with E-state index in [9.17, 15) is 18.0 Å². The number of hydrogen-bond acceptors (Lipinski definition) is 6. The number of carbonyl (C=O) groups excluding carboxylic acids is 2. The molecule has 0 aliphatic heterocycles. The Hall–Kier alpha value is -3.76. The van der Waals surface area contributed by atoms with Gasteiger partial charge in [0.15, 0.2) is 0 Å². The van der Waals surface area contributed by atoms with Gasteiger partial charge in [-0.3, -0.25) is 13.9 Å². The summed E-state index contributed by atoms with van der Waals surface area (Å²) >= 11 is 6.21. The first-order chi connectivity index (χ1) is 20.0. The molecule has 0 heterocycles. The molecule has 0 spiro atoms. The Kier molecular flexibility index (Phi) is 11.6. The number of anilines is 1. The summed E-state index contributed by atoms with van der Waals surface area (Å²) in [5.41, 5.74) is 1.68. The van der Waals surface area contributed by atoms with Crippen molar-refractivity contribution in [3.05, 3.63) is 88.9 Å². The van der Waals surface area contributed by atoms with Crippen LogP contribution in [0.25, 0.3) is 0 Å². The zero-order chi connectivity index (χ0) is 30.9. The number of amides is 2. The second kappa shape index (κ2) is 14.9. The fraction of sp³-hybridized carbons (Fsp3) is 0.355. The standard InChI is InChI=1S/C31H38ClN3O6S/c1-6-22(2)33-31(37)28(18-23-11-8-7-9-12-23)34(20-24-13-10-14-26(17-24)40-3)30(36)21-35(42(5,38)39)27-19-25(32)15-16-29(27)41-4/h7-17,19,22,28H,6,18,20-21H2,1-5H3,(H,33,37)/t22-,28-/m0/s1. The lowest BCUT2D eigenvalue weighted by atomic mass is 10.0. The van der Waals surface area contributed by atoms with E-state index in [1.807, 2.05) is 50.2 Å². The lowest BCUT2D eigenvalue weighted by molar-refractivity contribution is -0.140. The SMILES string of the molecule is CC[C@H](C)NC(=O)[C@H](Cc1ccccc1)N(Cc1cccc(OC)c1)C(=O)CN(c1cc(Cl)ccc1OC)S(C)(=O)=O. The molecule has 0 bridgehead atoms. The van der Waals surface area contributed by atoms with Gasteiger partial charge in [0.25, 0.3) is 0 Å². The Labute approximate surface area is 253 Å². The minimum Gasteiger partial charge on any atom is -0.497 e. The first-order valence-electron chi connectivity index (χ1n) is 13.5. The predicted molar refractivity (Wildman–Crippen MR) is 166 cm³/mol. The minimum absolute atomic E-state index is 0.0335. The summed E-state index contributed by atoms with van der Waals surface area (Å²) in [6.45, 7) is 3.30. The monoisotopic (exact) mass is 615 g/mol. The zero-order valence-corrected chi connectivity index (χ0v) is 26.1. The normalized spacial score (nSPS) is 12.6. The van der Waals surface area contributed by atoms with Crippen LogP contribution in [0.5, 0.6) is 11.5 Å². The maximum absolute atomic E-state index is 14.2. The summed E-state index contributed by atoms with van der Waals surface area (Å²) < 4.78 is 37.8. The molecular weight excluding hydrogens is 578 g/mol. The maximum Gasteiger partial charge on any atom is 0.244 e. The van der Waals surface area contributed by atoms with Crippen LogP contribution in [0.1, 0.15) is 31.4 Å². The molecule has 2 atom stereocenters. The second-order valence-electron chi connectivity index (χ2n) is 9.98. The topological polar surface area (TPSA) is 105 Å². The number of nitrogens with zero attached hydrogens (tertiary/aromatic N) is 2. The summed E-state index contributed by atoms with van der Waals surface area (Å²) in [6, 6.07) is 20.0. The van der Waals surface area contributed by atoms with Crippen molar-refractivity contribution in [3.8, 4) is 11.5 Å². The van der Waals surface area contributed by atoms with Gasteiger partial charge in [0.2, 0.25) is 21.8 Å². The van der Waals surface area contributed by atoms with E-state index < -0.39 is 28.5 Å². The number of hydrogen-bond donors (Lipinski definition) is 1. The number of methoxy groups -OCH3 is 2. The molecule has 0 aliphatic rings. The molecule has 1 N–H and O–H groups in total. The fourth-order valence-electron chi connectivity index (χ4n) is 4.42. The lowest BCUT2D eigenvalue weighted by Crippen LogP contribution is -2.54. The van der Waals surface area contributed by atoms with Crippen molar-refractivity contribution in [2.24, 2.45) is 0 Å². The smallest absolute Gasteiger partial charge is 0.244 e. The summed E-state index contributed by atoms with van der Waals surface area (Å²) in [4.78, 5) is 29.4. The highest BCUT2D eigenvalue weighted by Gasteiger charge is 2.34. The van der Waals surface area contributed by atoms with E-state index >= 15 is 0 Å². The third-order valence-electron chi connectivity index (χ3n) is 6.85. The first-order valence-corrected chi connectivity index (χ1v) is 15.8. The Balaban J connectivity index is 2.12. The Morgan fingerprint density at radius 2 is 1.64 bits per heavy atom. The molecule has 226 valence electrons. The van der Waals surface area contributed by atoms with E-state index in [-0.39, 0.29) is 41.4 Å². The molecule has 0 aliphatic carbocycles. The lowest BCUT2D eigenvalue weighted by Gasteiger charge is -2.34. The van der Waals surface area contributed by atoms with Gasteiger partial charge in [-0.2, -0.15) is 0 Å². The van der Waals surface area contributed by atoms with Crippen molar-refractivity contribution >= 4 is 39.1 Å². The summed E-state index contributed by atoms with van der Waals surface area (Å²) in [5.74, 6) is -0.0986. The highest BCUT2D eigenvalue weighted by atomic mass is 35.5. The van der Waals surface area contributed by atoms with Crippen LogP contribution in [0.15, 0.2) is 72.8 Å². The van der Waals surface area contributed by atoms with Gasteiger partial charge in [-0.05, 0) is 54.8 Å². The van der Waals surface area contributed by atoms with E-state index in [2.05, 4.69) is 5.32 Å². The molecule has 0 unspecified atom stereocenters. The Morgan fingerprint density at radius 3 is 2.26 bits per heavy atom. The fourth-order valence-corrected chi connectivity index (χ4v) is 5.43. The summed E-state index contributed by atoms with van der Waals surface area (Å²) in [5, 5.41) is 3.28. The van der Waals surface area contributed by atoms with Gasteiger partial charge in [0, 0.05) is 24.0 Å². The van der Waals surface area contributed by atoms with Crippen LogP contribution in [-0.4, -0.2) is 64.2 Å². The molecule has 9 nitrogen and oxygen atoms in total. The predicted octanol–water partition coefficient (Wildman–Crippen LogP) is 4.68. The van der Waals surface area contributed by atoms with Crippen molar-refractivity contribution in [2.45, 2.75) is 45.3 Å². The molecule has 3 aromatic carbocycles. The third kappa shape index (κ3) is 8.87. The van der Waals surface area contributed by atoms with Gasteiger partial charge in [0.1, 0.15) is 24.1 Å². The van der Waals surface area contributed by atoms with E-state index in [1.54, 1.807) is 31.4 Å². The highest BCUT2D eigenvalue weighted by Crippen LogP contribution is 2.33. The van der Waals surface area contributed by atoms with Gasteiger partial charge >= 0.3 is 0 Å². The molecule has 0 saturated heterocycles. The van der Waals surface area contributed by atoms with Gasteiger partial charge in [-0.15, -0.1) is 0 Å². The van der Waals surface area contributed by atoms with E-state index in [4.69, 9.17) is 21.1 Å². The van der Waals surface area contributed by atoms with E-state index in [1.165, 1.54) is 24.1 Å². The quantitative estimate of drug-likeness (QED) is 0.282. The average Bonchev–Trinajstić information content (AvgIpc) is 2.97. The number of carbonyl (C=O) groups is 2. The van der Waals surface area contributed by atoms with Gasteiger partial charge in [-0.1, -0.05) is 61.0 Å². The van der Waals surface area contributed by atoms with Gasteiger partial charge in [-0.25, -0.2) is 8.42 Å². The summed E-state index contributed by atoms with van der Waals surface area (Å²) in [6.07, 6.45) is 1.92. The third-order valence-corrected chi connectivity index (χ3v) is 8.21. The largest absolute Gasteiger partial charge is 0.497 e. The molecule has 11 heteroatoms. The molecule has 2 amide bonds. The molecule has 0 aromatic heterocycles. The van der Waals surface area contributed by atoms with E-state index in [0.29, 0.717) is 17.7 Å². The minimum atomic E-state index is -3.98. The van der Waals surface area contributed by atoms with Crippen molar-refractivity contribution in [1.29, 1.82) is 0 Å². The van der Waals surface area contributed by atoms with Crippen LogP contribution in [0.2, 0.25) is 5.02 Å². The number of rotatable bonds is 14. The molecule has 3 rings (SSSR count). The highest BCUT2D eigenvalue weighted by molar-refractivity contribution is 7.92. The Bertz CT molecular complexity index is 1470. The van der Waals surface area contributed by atoms with Crippen LogP contribution in [0, 0.1) is 0 Å².